The molecule has 0 saturated carbocycles. The van der Waals surface area contributed by atoms with E-state index in [-0.39, 0.29) is 10.7 Å². The first-order valence-corrected chi connectivity index (χ1v) is 6.40. The molecule has 0 aliphatic carbocycles. The Hall–Kier alpha value is -1.01. The lowest BCUT2D eigenvalue weighted by atomic mass is 10.3. The van der Waals surface area contributed by atoms with Crippen LogP contribution in [0.5, 0.6) is 0 Å². The van der Waals surface area contributed by atoms with Crippen molar-refractivity contribution in [1.82, 2.24) is 9.97 Å². The van der Waals surface area contributed by atoms with Crippen LogP contribution in [0, 0.1) is 0 Å². The summed E-state index contributed by atoms with van der Waals surface area (Å²) in [5.41, 5.74) is 0.0948. The Bertz CT molecular complexity index is 475. The highest BCUT2D eigenvalue weighted by Gasteiger charge is 2.35. The fourth-order valence-corrected chi connectivity index (χ4v) is 2.40. The van der Waals surface area contributed by atoms with Gasteiger partial charge in [-0.15, -0.1) is 0 Å². The average molecular weight is 244 g/mol. The summed E-state index contributed by atoms with van der Waals surface area (Å²) < 4.78 is 23.4. The van der Waals surface area contributed by atoms with Gasteiger partial charge >= 0.3 is 0 Å². The first kappa shape index (κ1) is 13.1. The lowest BCUT2D eigenvalue weighted by Crippen LogP contribution is -2.30. The molecule has 0 amide bonds. The molecule has 1 N–H and O–H groups in total. The molecule has 6 heteroatoms. The van der Waals surface area contributed by atoms with Gasteiger partial charge in [-0.3, -0.25) is 4.98 Å². The maximum atomic E-state index is 12.2. The second-order valence-electron chi connectivity index (χ2n) is 4.54. The molecule has 0 fully saturated rings. The van der Waals surface area contributed by atoms with Crippen LogP contribution in [0.15, 0.2) is 17.4 Å². The van der Waals surface area contributed by atoms with E-state index in [1.54, 1.807) is 20.8 Å². The van der Waals surface area contributed by atoms with Crippen molar-refractivity contribution in [3.63, 3.8) is 0 Å². The van der Waals surface area contributed by atoms with E-state index in [9.17, 15) is 13.5 Å². The van der Waals surface area contributed by atoms with Crippen LogP contribution < -0.4 is 0 Å². The molecule has 5 nitrogen and oxygen atoms in total. The summed E-state index contributed by atoms with van der Waals surface area (Å²) in [7, 11) is -3.59. The van der Waals surface area contributed by atoms with Crippen molar-refractivity contribution in [2.75, 3.05) is 0 Å². The Morgan fingerprint density at radius 3 is 2.19 bits per heavy atom. The van der Waals surface area contributed by atoms with Gasteiger partial charge in [0.2, 0.25) is 9.84 Å². The minimum absolute atomic E-state index is 0.0948. The summed E-state index contributed by atoms with van der Waals surface area (Å²) >= 11 is 0. The molecule has 1 aromatic rings. The molecular weight excluding hydrogens is 228 g/mol. The highest BCUT2D eigenvalue weighted by Crippen LogP contribution is 2.27. The summed E-state index contributed by atoms with van der Waals surface area (Å²) in [6.07, 6.45) is 1.72. The quantitative estimate of drug-likeness (QED) is 0.842. The van der Waals surface area contributed by atoms with Crippen LogP contribution in [-0.4, -0.2) is 28.2 Å². The normalized spacial score (nSPS) is 14.8. The molecule has 1 atom stereocenters. The highest BCUT2D eigenvalue weighted by molar-refractivity contribution is 7.92. The Morgan fingerprint density at radius 2 is 1.75 bits per heavy atom. The van der Waals surface area contributed by atoms with Crippen molar-refractivity contribution < 1.29 is 13.5 Å². The summed E-state index contributed by atoms with van der Waals surface area (Å²) in [6, 6.07) is 0. The fourth-order valence-electron chi connectivity index (χ4n) is 1.12. The second kappa shape index (κ2) is 4.10. The highest BCUT2D eigenvalue weighted by atomic mass is 32.2. The first-order valence-electron chi connectivity index (χ1n) is 4.91. The molecule has 16 heavy (non-hydrogen) atoms. The summed E-state index contributed by atoms with van der Waals surface area (Å²) in [4.78, 5) is 7.69. The van der Waals surface area contributed by atoms with Crippen molar-refractivity contribution in [3.05, 3.63) is 18.1 Å². The van der Waals surface area contributed by atoms with E-state index in [2.05, 4.69) is 9.97 Å². The van der Waals surface area contributed by atoms with E-state index in [4.69, 9.17) is 0 Å². The number of nitrogens with zero attached hydrogens (tertiary/aromatic N) is 2. The molecule has 1 aromatic heterocycles. The summed E-state index contributed by atoms with van der Waals surface area (Å²) in [5.74, 6) is 0. The van der Waals surface area contributed by atoms with Gasteiger partial charge in [0.1, 0.15) is 5.69 Å². The predicted molar refractivity (Wildman–Crippen MR) is 59.6 cm³/mol. The van der Waals surface area contributed by atoms with Crippen LogP contribution in [0.3, 0.4) is 0 Å². The Balaban J connectivity index is 3.46. The van der Waals surface area contributed by atoms with Crippen LogP contribution in [0.4, 0.5) is 0 Å². The molecule has 0 saturated heterocycles. The van der Waals surface area contributed by atoms with E-state index < -0.39 is 20.7 Å². The zero-order chi connectivity index (χ0) is 12.6. The van der Waals surface area contributed by atoms with Gasteiger partial charge in [0.15, 0.2) is 5.03 Å². The number of aliphatic hydroxyl groups is 1. The van der Waals surface area contributed by atoms with Crippen LogP contribution >= 0.6 is 0 Å². The number of rotatable bonds is 2. The smallest absolute Gasteiger partial charge is 0.202 e. The van der Waals surface area contributed by atoms with Gasteiger partial charge in [-0.05, 0) is 27.7 Å². The molecular formula is C10H16N2O3S. The van der Waals surface area contributed by atoms with Crippen molar-refractivity contribution in [2.24, 2.45) is 0 Å². The zero-order valence-electron chi connectivity index (χ0n) is 9.80. The van der Waals surface area contributed by atoms with Crippen LogP contribution in [0.1, 0.15) is 39.5 Å². The zero-order valence-corrected chi connectivity index (χ0v) is 10.6. The monoisotopic (exact) mass is 244 g/mol. The molecule has 1 heterocycles. The van der Waals surface area contributed by atoms with Crippen molar-refractivity contribution in [1.29, 1.82) is 0 Å². The number of aromatic nitrogens is 2. The number of hydrogen-bond donors (Lipinski definition) is 1. The number of hydrogen-bond acceptors (Lipinski definition) is 5. The van der Waals surface area contributed by atoms with Crippen LogP contribution in [0.2, 0.25) is 0 Å². The Kier molecular flexibility index (Phi) is 3.35. The van der Waals surface area contributed by atoms with Gasteiger partial charge in [0.25, 0.3) is 0 Å². The second-order valence-corrected chi connectivity index (χ2v) is 7.16. The minimum atomic E-state index is -3.59. The number of sulfone groups is 1. The lowest BCUT2D eigenvalue weighted by Gasteiger charge is -2.20. The van der Waals surface area contributed by atoms with Gasteiger partial charge in [-0.1, -0.05) is 0 Å². The average Bonchev–Trinajstić information content (AvgIpc) is 2.16. The van der Waals surface area contributed by atoms with Crippen LogP contribution in [0.25, 0.3) is 0 Å². The van der Waals surface area contributed by atoms with Gasteiger partial charge in [-0.25, -0.2) is 13.4 Å². The maximum absolute atomic E-state index is 12.2. The molecule has 90 valence electrons. The van der Waals surface area contributed by atoms with Gasteiger partial charge < -0.3 is 5.11 Å². The minimum Gasteiger partial charge on any atom is -0.387 e. The maximum Gasteiger partial charge on any atom is 0.202 e. The van der Waals surface area contributed by atoms with Gasteiger partial charge in [-0.2, -0.15) is 0 Å². The first-order chi connectivity index (χ1) is 7.18. The molecule has 0 aromatic carbocycles. The van der Waals surface area contributed by atoms with E-state index in [1.807, 2.05) is 0 Å². The van der Waals surface area contributed by atoms with Crippen molar-refractivity contribution >= 4 is 9.84 Å². The van der Waals surface area contributed by atoms with E-state index in [0.717, 1.165) is 0 Å². The third-order valence-electron chi connectivity index (χ3n) is 2.15. The summed E-state index contributed by atoms with van der Waals surface area (Å²) in [5, 5.41) is 9.33. The van der Waals surface area contributed by atoms with E-state index >= 15 is 0 Å². The Labute approximate surface area is 95.5 Å². The van der Waals surface area contributed by atoms with Crippen LogP contribution in [-0.2, 0) is 9.84 Å². The van der Waals surface area contributed by atoms with Crippen molar-refractivity contribution in [2.45, 2.75) is 43.6 Å². The molecule has 1 rings (SSSR count). The van der Waals surface area contributed by atoms with E-state index in [0.29, 0.717) is 0 Å². The van der Waals surface area contributed by atoms with Crippen molar-refractivity contribution in [3.8, 4) is 0 Å². The third kappa shape index (κ3) is 2.22. The molecule has 0 aliphatic rings. The van der Waals surface area contributed by atoms with E-state index in [1.165, 1.54) is 19.3 Å². The molecule has 0 spiro atoms. The van der Waals surface area contributed by atoms with Gasteiger partial charge in [0.05, 0.1) is 10.9 Å². The lowest BCUT2D eigenvalue weighted by molar-refractivity contribution is 0.189. The predicted octanol–water partition coefficient (Wildman–Crippen LogP) is 1.10. The largest absolute Gasteiger partial charge is 0.387 e. The Morgan fingerprint density at radius 1 is 1.25 bits per heavy atom. The molecule has 0 bridgehead atoms. The van der Waals surface area contributed by atoms with Gasteiger partial charge in [0, 0.05) is 12.4 Å². The molecule has 1 unspecified atom stereocenters. The SMILES string of the molecule is CC(O)c1nccnc1S(=O)(=O)C(C)(C)C. The molecule has 0 aliphatic heterocycles. The summed E-state index contributed by atoms with van der Waals surface area (Å²) in [6.45, 7) is 6.22. The topological polar surface area (TPSA) is 80.2 Å². The standard InChI is InChI=1S/C10H16N2O3S/c1-7(13)8-9(12-6-5-11-8)16(14,15)10(2,3)4/h5-7,13H,1-4H3. The number of aliphatic hydroxyl groups excluding tert-OH is 1. The third-order valence-corrected chi connectivity index (χ3v) is 4.58. The molecule has 0 radical (unpaired) electrons. The fraction of sp³-hybridized carbons (Fsp3) is 0.600.